The summed E-state index contributed by atoms with van der Waals surface area (Å²) < 4.78 is 64.0. The zero-order valence-electron chi connectivity index (χ0n) is 12.5. The average molecular weight is 349 g/mol. The predicted octanol–water partition coefficient (Wildman–Crippen LogP) is 2.18. The van der Waals surface area contributed by atoms with E-state index in [0.717, 1.165) is 12.1 Å². The van der Waals surface area contributed by atoms with E-state index in [1.54, 1.807) is 0 Å². The number of hydrogen-bond acceptors (Lipinski definition) is 1. The summed E-state index contributed by atoms with van der Waals surface area (Å²) >= 11 is 0. The Kier molecular flexibility index (Phi) is 4.95. The van der Waals surface area contributed by atoms with Gasteiger partial charge in [0.25, 0.3) is 5.92 Å². The maximum atomic E-state index is 13.1. The van der Waals surface area contributed by atoms with Gasteiger partial charge in [-0.3, -0.25) is 0 Å². The molecule has 2 rings (SSSR count). The topological polar surface area (TPSA) is 80.0 Å². The van der Waals surface area contributed by atoms with E-state index in [9.17, 15) is 22.0 Å². The van der Waals surface area contributed by atoms with Crippen LogP contribution in [0.25, 0.3) is 0 Å². The lowest BCUT2D eigenvalue weighted by Crippen LogP contribution is -2.38. The van der Waals surface area contributed by atoms with Gasteiger partial charge in [0.05, 0.1) is 18.7 Å². The minimum atomic E-state index is -4.45. The van der Waals surface area contributed by atoms with Gasteiger partial charge in [-0.15, -0.1) is 0 Å². The summed E-state index contributed by atoms with van der Waals surface area (Å²) in [6.45, 7) is -0.644. The summed E-state index contributed by atoms with van der Waals surface area (Å²) in [6, 6.07) is 4.61. The van der Waals surface area contributed by atoms with Gasteiger partial charge < -0.3 is 16.4 Å². The highest BCUT2D eigenvalue weighted by atomic mass is 19.4. The second kappa shape index (κ2) is 6.62. The molecule has 1 saturated heterocycles. The molecule has 5 nitrogen and oxygen atoms in total. The number of alkyl halides is 5. The molecule has 0 aliphatic carbocycles. The first-order valence-electron chi connectivity index (χ1n) is 7.00. The van der Waals surface area contributed by atoms with E-state index in [0.29, 0.717) is 0 Å². The van der Waals surface area contributed by atoms with Crippen LogP contribution in [0.4, 0.5) is 22.0 Å². The van der Waals surface area contributed by atoms with Crippen LogP contribution in [0.1, 0.15) is 17.5 Å². The summed E-state index contributed by atoms with van der Waals surface area (Å²) in [6.07, 6.45) is -4.78. The molecule has 0 atom stereocenters. The first-order valence-corrected chi connectivity index (χ1v) is 7.00. The van der Waals surface area contributed by atoms with Gasteiger partial charge in [-0.2, -0.15) is 18.2 Å². The Labute approximate surface area is 134 Å². The van der Waals surface area contributed by atoms with Crippen molar-refractivity contribution in [3.63, 3.8) is 0 Å². The quantitative estimate of drug-likeness (QED) is 0.488. The molecular weight excluding hydrogens is 333 g/mol. The maximum absolute atomic E-state index is 13.1. The van der Waals surface area contributed by atoms with E-state index in [4.69, 9.17) is 11.5 Å². The lowest BCUT2D eigenvalue weighted by atomic mass is 10.1. The van der Waals surface area contributed by atoms with Crippen molar-refractivity contribution in [2.45, 2.75) is 25.1 Å². The standard InChI is InChI=1S/C14H16F5N5/c15-13(16)4-5-24(8-13)12(21)23-11(20)22-7-9-2-1-3-10(6-9)14(17,18)19/h1-3,6H,4-5,7-8H2,(H4,20,21,22,23). The van der Waals surface area contributed by atoms with Crippen LogP contribution in [0, 0.1) is 0 Å². The number of benzene rings is 1. The highest BCUT2D eigenvalue weighted by molar-refractivity contribution is 5.93. The largest absolute Gasteiger partial charge is 0.416 e. The van der Waals surface area contributed by atoms with E-state index in [2.05, 4.69) is 9.98 Å². The van der Waals surface area contributed by atoms with Crippen LogP contribution in [0.2, 0.25) is 0 Å². The highest BCUT2D eigenvalue weighted by Gasteiger charge is 2.39. The highest BCUT2D eigenvalue weighted by Crippen LogP contribution is 2.29. The van der Waals surface area contributed by atoms with Crippen molar-refractivity contribution in [3.05, 3.63) is 35.4 Å². The van der Waals surface area contributed by atoms with Gasteiger partial charge in [-0.1, -0.05) is 12.1 Å². The van der Waals surface area contributed by atoms with Crippen molar-refractivity contribution in [2.75, 3.05) is 13.1 Å². The van der Waals surface area contributed by atoms with Gasteiger partial charge in [0.2, 0.25) is 5.96 Å². The molecule has 0 radical (unpaired) electrons. The number of nitrogens with two attached hydrogens (primary N) is 2. The molecule has 0 saturated carbocycles. The Bertz CT molecular complexity index is 653. The van der Waals surface area contributed by atoms with Gasteiger partial charge in [0, 0.05) is 13.0 Å². The molecule has 4 N–H and O–H groups in total. The summed E-state index contributed by atoms with van der Waals surface area (Å²) in [4.78, 5) is 8.69. The Morgan fingerprint density at radius 2 is 1.96 bits per heavy atom. The average Bonchev–Trinajstić information content (AvgIpc) is 2.85. The molecule has 132 valence electrons. The Balaban J connectivity index is 2.03. The van der Waals surface area contributed by atoms with Crippen LogP contribution in [-0.2, 0) is 12.7 Å². The first kappa shape index (κ1) is 18.0. The second-order valence-electron chi connectivity index (χ2n) is 5.37. The van der Waals surface area contributed by atoms with Crippen molar-refractivity contribution in [1.29, 1.82) is 0 Å². The molecule has 1 aliphatic heterocycles. The first-order chi connectivity index (χ1) is 11.1. The third kappa shape index (κ3) is 4.80. The van der Waals surface area contributed by atoms with Crippen LogP contribution in [0.15, 0.2) is 34.3 Å². The molecule has 1 heterocycles. The molecule has 0 aromatic heterocycles. The second-order valence-corrected chi connectivity index (χ2v) is 5.37. The van der Waals surface area contributed by atoms with Crippen molar-refractivity contribution in [2.24, 2.45) is 21.5 Å². The van der Waals surface area contributed by atoms with Crippen LogP contribution in [0.5, 0.6) is 0 Å². The molecule has 10 heteroatoms. The SMILES string of the molecule is NC(=NCc1cccc(C(F)(F)F)c1)N=C(N)N1CCC(F)(F)C1. The molecule has 1 fully saturated rings. The van der Waals surface area contributed by atoms with Gasteiger partial charge in [0.1, 0.15) is 0 Å². The fraction of sp³-hybridized carbons (Fsp3) is 0.429. The van der Waals surface area contributed by atoms with Crippen molar-refractivity contribution in [1.82, 2.24) is 4.90 Å². The van der Waals surface area contributed by atoms with Gasteiger partial charge in [0.15, 0.2) is 5.96 Å². The molecule has 1 aromatic rings. The Morgan fingerprint density at radius 1 is 1.25 bits per heavy atom. The van der Waals surface area contributed by atoms with Gasteiger partial charge in [-0.05, 0) is 17.7 Å². The minimum Gasteiger partial charge on any atom is -0.369 e. The van der Waals surface area contributed by atoms with Crippen LogP contribution in [0.3, 0.4) is 0 Å². The normalized spacial score (nSPS) is 19.0. The summed E-state index contributed by atoms with van der Waals surface area (Å²) in [7, 11) is 0. The van der Waals surface area contributed by atoms with Gasteiger partial charge in [-0.25, -0.2) is 13.8 Å². The monoisotopic (exact) mass is 349 g/mol. The lowest BCUT2D eigenvalue weighted by Gasteiger charge is -2.16. The van der Waals surface area contributed by atoms with Crippen molar-refractivity contribution in [3.8, 4) is 0 Å². The number of likely N-dealkylation sites (tertiary alicyclic amines) is 1. The van der Waals surface area contributed by atoms with E-state index in [1.165, 1.54) is 17.0 Å². The number of nitrogens with zero attached hydrogens (tertiary/aromatic N) is 3. The van der Waals surface area contributed by atoms with E-state index in [1.807, 2.05) is 0 Å². The molecule has 1 aliphatic rings. The summed E-state index contributed by atoms with van der Waals surface area (Å²) in [5.74, 6) is -3.32. The number of guanidine groups is 2. The molecule has 1 aromatic carbocycles. The Hall–Kier alpha value is -2.39. The number of aliphatic imine (C=N–C) groups is 2. The van der Waals surface area contributed by atoms with Crippen molar-refractivity contribution < 1.29 is 22.0 Å². The number of halogens is 5. The maximum Gasteiger partial charge on any atom is 0.416 e. The fourth-order valence-corrected chi connectivity index (χ4v) is 2.17. The van der Waals surface area contributed by atoms with Crippen LogP contribution < -0.4 is 11.5 Å². The third-order valence-electron chi connectivity index (χ3n) is 3.40. The lowest BCUT2D eigenvalue weighted by molar-refractivity contribution is -0.137. The van der Waals surface area contributed by atoms with E-state index >= 15 is 0 Å². The smallest absolute Gasteiger partial charge is 0.369 e. The molecule has 24 heavy (non-hydrogen) atoms. The zero-order valence-corrected chi connectivity index (χ0v) is 12.5. The van der Waals surface area contributed by atoms with E-state index < -0.39 is 24.2 Å². The molecule has 0 amide bonds. The van der Waals surface area contributed by atoms with Gasteiger partial charge >= 0.3 is 6.18 Å². The number of rotatable bonds is 2. The van der Waals surface area contributed by atoms with Crippen molar-refractivity contribution >= 4 is 11.9 Å². The fourth-order valence-electron chi connectivity index (χ4n) is 2.17. The molecule has 0 spiro atoms. The molecule has 0 unspecified atom stereocenters. The zero-order chi connectivity index (χ0) is 18.0. The third-order valence-corrected chi connectivity index (χ3v) is 3.40. The van der Waals surface area contributed by atoms with Crippen LogP contribution >= 0.6 is 0 Å². The molecule has 0 bridgehead atoms. The minimum absolute atomic E-state index is 0.0449. The number of hydrogen-bond donors (Lipinski definition) is 2. The predicted molar refractivity (Wildman–Crippen MR) is 79.5 cm³/mol. The van der Waals surface area contributed by atoms with E-state index in [-0.39, 0.29) is 37.0 Å². The summed E-state index contributed by atoms with van der Waals surface area (Å²) in [5.41, 5.74) is 10.6. The van der Waals surface area contributed by atoms with Crippen LogP contribution in [-0.4, -0.2) is 35.8 Å². The summed E-state index contributed by atoms with van der Waals surface area (Å²) in [5, 5.41) is 0. The molecular formula is C14H16F5N5. The Morgan fingerprint density at radius 3 is 2.54 bits per heavy atom.